The van der Waals surface area contributed by atoms with E-state index in [1.807, 2.05) is 6.07 Å². The second-order valence-electron chi connectivity index (χ2n) is 7.60. The van der Waals surface area contributed by atoms with Gasteiger partial charge in [-0.25, -0.2) is 19.2 Å². The number of aromatic nitrogens is 7. The van der Waals surface area contributed by atoms with Gasteiger partial charge < -0.3 is 9.64 Å². The van der Waals surface area contributed by atoms with Gasteiger partial charge in [-0.2, -0.15) is 15.3 Å². The lowest BCUT2D eigenvalue weighted by Gasteiger charge is -2.25. The Morgan fingerprint density at radius 2 is 2.03 bits per heavy atom. The molecule has 1 saturated heterocycles. The predicted octanol–water partition coefficient (Wildman–Crippen LogP) is 1.96. The average molecular weight is 429 g/mol. The van der Waals surface area contributed by atoms with Gasteiger partial charge in [0.1, 0.15) is 12.4 Å². The first-order valence-electron chi connectivity index (χ1n) is 10.7. The van der Waals surface area contributed by atoms with Gasteiger partial charge in [-0.05, 0) is 24.6 Å². The maximum Gasteiger partial charge on any atom is 0.245 e. The molecule has 1 fully saturated rings. The summed E-state index contributed by atoms with van der Waals surface area (Å²) in [6.07, 6.45) is 7.46. The van der Waals surface area contributed by atoms with Crippen molar-refractivity contribution >= 4 is 11.6 Å². The number of hydrogen-bond donors (Lipinski definition) is 0. The molecule has 162 valence electrons. The average Bonchev–Trinajstić information content (AvgIpc) is 3.48. The van der Waals surface area contributed by atoms with Crippen LogP contribution in [0.1, 0.15) is 35.9 Å². The van der Waals surface area contributed by atoms with E-state index in [0.717, 1.165) is 48.5 Å². The van der Waals surface area contributed by atoms with Crippen molar-refractivity contribution in [2.75, 3.05) is 31.2 Å². The molecule has 5 heterocycles. The second kappa shape index (κ2) is 8.72. The lowest BCUT2D eigenvalue weighted by Crippen LogP contribution is -2.36. The third kappa shape index (κ3) is 3.67. The van der Waals surface area contributed by atoms with Crippen LogP contribution in [-0.4, -0.2) is 60.6 Å². The van der Waals surface area contributed by atoms with Crippen LogP contribution in [0.3, 0.4) is 0 Å². The molecule has 0 bridgehead atoms. The molecule has 0 amide bonds. The molecule has 4 aromatic rings. The molecule has 5 rings (SSSR count). The Morgan fingerprint density at radius 3 is 2.84 bits per heavy atom. The molecular weight excluding hydrogens is 406 g/mol. The summed E-state index contributed by atoms with van der Waals surface area (Å²) in [5.41, 5.74) is 4.22. The lowest BCUT2D eigenvalue weighted by molar-refractivity contribution is 0.122. The second-order valence-corrected chi connectivity index (χ2v) is 7.60. The van der Waals surface area contributed by atoms with Gasteiger partial charge in [0.2, 0.25) is 5.95 Å². The van der Waals surface area contributed by atoms with Gasteiger partial charge in [0.25, 0.3) is 0 Å². The van der Waals surface area contributed by atoms with E-state index >= 15 is 0 Å². The molecular formula is C22H23N9O. The summed E-state index contributed by atoms with van der Waals surface area (Å²) in [6, 6.07) is 7.61. The number of pyridine rings is 1. The third-order valence-electron chi connectivity index (χ3n) is 5.53. The number of hydrogen-bond acceptors (Lipinski definition) is 8. The van der Waals surface area contributed by atoms with Crippen LogP contribution in [0.15, 0.2) is 36.9 Å². The number of nitrogens with zero attached hydrogens (tertiary/aromatic N) is 9. The molecule has 0 aliphatic carbocycles. The Morgan fingerprint density at radius 1 is 1.16 bits per heavy atom. The third-order valence-corrected chi connectivity index (χ3v) is 5.53. The van der Waals surface area contributed by atoms with Gasteiger partial charge >= 0.3 is 0 Å². The Bertz CT molecular complexity index is 1280. The van der Waals surface area contributed by atoms with Crippen LogP contribution in [0, 0.1) is 11.3 Å². The largest absolute Gasteiger partial charge is 0.378 e. The van der Waals surface area contributed by atoms with E-state index in [1.54, 1.807) is 40.1 Å². The van der Waals surface area contributed by atoms with Gasteiger partial charge in [-0.15, -0.1) is 5.10 Å². The van der Waals surface area contributed by atoms with Crippen LogP contribution < -0.4 is 4.90 Å². The van der Waals surface area contributed by atoms with Crippen molar-refractivity contribution in [3.8, 4) is 11.9 Å². The Hall–Kier alpha value is -3.84. The zero-order valence-electron chi connectivity index (χ0n) is 17.8. The van der Waals surface area contributed by atoms with Crippen molar-refractivity contribution in [1.29, 1.82) is 5.26 Å². The van der Waals surface area contributed by atoms with Crippen LogP contribution in [0.25, 0.3) is 11.5 Å². The van der Waals surface area contributed by atoms with Gasteiger partial charge in [0.05, 0.1) is 30.2 Å². The molecule has 0 N–H and O–H groups in total. The highest BCUT2D eigenvalue weighted by atomic mass is 16.5. The van der Waals surface area contributed by atoms with E-state index < -0.39 is 0 Å². The normalized spacial score (nSPS) is 14.1. The molecule has 0 atom stereocenters. The molecule has 0 unspecified atom stereocenters. The minimum Gasteiger partial charge on any atom is -0.378 e. The van der Waals surface area contributed by atoms with E-state index in [9.17, 15) is 5.26 Å². The number of fused-ring (bicyclic) bond motifs is 1. The molecule has 1 aliphatic rings. The molecule has 10 heteroatoms. The van der Waals surface area contributed by atoms with E-state index in [-0.39, 0.29) is 0 Å². The Kier molecular flexibility index (Phi) is 5.47. The van der Waals surface area contributed by atoms with Crippen LogP contribution in [0.5, 0.6) is 0 Å². The molecule has 4 aromatic heterocycles. The van der Waals surface area contributed by atoms with Crippen LogP contribution in [0.2, 0.25) is 0 Å². The fraction of sp³-hybridized carbons (Fsp3) is 0.364. The summed E-state index contributed by atoms with van der Waals surface area (Å²) in [4.78, 5) is 16.1. The molecule has 0 aromatic carbocycles. The standard InChI is InChI=1S/C22H23N9O/c1-2-4-18-19(13-17-6-8-26-31(17)20-16(14-23)5-3-7-24-20)25-15-30-21(18)27-22(28-30)29-9-11-32-12-10-29/h3,5-8,15H,2,4,9-13H2,1H3. The van der Waals surface area contributed by atoms with Gasteiger partial charge in [0, 0.05) is 37.5 Å². The first-order chi connectivity index (χ1) is 15.8. The number of morpholine rings is 1. The molecule has 1 aliphatic heterocycles. The highest BCUT2D eigenvalue weighted by Gasteiger charge is 2.20. The van der Waals surface area contributed by atoms with Crippen molar-refractivity contribution in [1.82, 2.24) is 34.3 Å². The Balaban J connectivity index is 1.53. The predicted molar refractivity (Wildman–Crippen MR) is 117 cm³/mol. The molecule has 0 spiro atoms. The van der Waals surface area contributed by atoms with E-state index in [0.29, 0.717) is 37.0 Å². The fourth-order valence-electron chi connectivity index (χ4n) is 3.97. The van der Waals surface area contributed by atoms with Crippen molar-refractivity contribution in [2.45, 2.75) is 26.2 Å². The summed E-state index contributed by atoms with van der Waals surface area (Å²) >= 11 is 0. The minimum atomic E-state index is 0.474. The summed E-state index contributed by atoms with van der Waals surface area (Å²) in [7, 11) is 0. The van der Waals surface area contributed by atoms with Gasteiger partial charge in [-0.1, -0.05) is 13.3 Å². The number of rotatable bonds is 6. The summed E-state index contributed by atoms with van der Waals surface area (Å²) in [6.45, 7) is 5.07. The number of ether oxygens (including phenoxy) is 1. The van der Waals surface area contributed by atoms with Crippen molar-refractivity contribution in [3.05, 3.63) is 59.4 Å². The number of nitriles is 1. The van der Waals surface area contributed by atoms with Crippen LogP contribution in [0.4, 0.5) is 5.95 Å². The fourth-order valence-corrected chi connectivity index (χ4v) is 3.97. The lowest BCUT2D eigenvalue weighted by atomic mass is 10.1. The highest BCUT2D eigenvalue weighted by molar-refractivity contribution is 5.54. The number of anilines is 1. The van der Waals surface area contributed by atoms with Crippen molar-refractivity contribution in [3.63, 3.8) is 0 Å². The van der Waals surface area contributed by atoms with Crippen molar-refractivity contribution in [2.24, 2.45) is 0 Å². The first kappa shape index (κ1) is 20.1. The zero-order valence-corrected chi connectivity index (χ0v) is 17.8. The maximum absolute atomic E-state index is 9.47. The monoisotopic (exact) mass is 429 g/mol. The Labute approximate surface area is 185 Å². The van der Waals surface area contributed by atoms with E-state index in [1.165, 1.54) is 0 Å². The van der Waals surface area contributed by atoms with E-state index in [4.69, 9.17) is 14.7 Å². The molecule has 32 heavy (non-hydrogen) atoms. The first-order valence-corrected chi connectivity index (χ1v) is 10.7. The van der Waals surface area contributed by atoms with E-state index in [2.05, 4.69) is 33.1 Å². The topological polar surface area (TPSA) is 110 Å². The number of aryl methyl sites for hydroxylation is 1. The SMILES string of the molecule is CCCc1c(Cc2ccnn2-c2ncccc2C#N)ncn2nc(N3CCOCC3)nc12. The molecule has 10 nitrogen and oxygen atoms in total. The van der Waals surface area contributed by atoms with Crippen LogP contribution in [-0.2, 0) is 17.6 Å². The quantitative estimate of drug-likeness (QED) is 0.457. The summed E-state index contributed by atoms with van der Waals surface area (Å²) < 4.78 is 8.93. The summed E-state index contributed by atoms with van der Waals surface area (Å²) in [5, 5.41) is 18.5. The van der Waals surface area contributed by atoms with Gasteiger partial charge in [-0.3, -0.25) is 0 Å². The zero-order chi connectivity index (χ0) is 21.9. The maximum atomic E-state index is 9.47. The van der Waals surface area contributed by atoms with Gasteiger partial charge in [0.15, 0.2) is 11.5 Å². The highest BCUT2D eigenvalue weighted by Crippen LogP contribution is 2.22. The smallest absolute Gasteiger partial charge is 0.245 e. The molecule has 0 saturated carbocycles. The van der Waals surface area contributed by atoms with Crippen LogP contribution >= 0.6 is 0 Å². The van der Waals surface area contributed by atoms with Crippen molar-refractivity contribution < 1.29 is 4.74 Å². The summed E-state index contributed by atoms with van der Waals surface area (Å²) in [5.74, 6) is 1.23. The minimum absolute atomic E-state index is 0.474. The molecule has 0 radical (unpaired) electrons.